The van der Waals surface area contributed by atoms with E-state index in [1.807, 2.05) is 0 Å². The minimum atomic E-state index is 0.486. The molecule has 12 heavy (non-hydrogen) atoms. The van der Waals surface area contributed by atoms with Crippen molar-refractivity contribution in [2.24, 2.45) is 11.3 Å². The molecule has 0 fully saturated rings. The van der Waals surface area contributed by atoms with Crippen molar-refractivity contribution < 1.29 is 0 Å². The summed E-state index contributed by atoms with van der Waals surface area (Å²) in [7, 11) is 0. The summed E-state index contributed by atoms with van der Waals surface area (Å²) in [4.78, 5) is 0. The van der Waals surface area contributed by atoms with Gasteiger partial charge in [0.25, 0.3) is 0 Å². The zero-order valence-corrected chi connectivity index (χ0v) is 9.35. The molecule has 0 aliphatic carbocycles. The maximum absolute atomic E-state index is 2.35. The van der Waals surface area contributed by atoms with Gasteiger partial charge in [0.05, 0.1) is 0 Å². The standard InChI is InChI=1S/C12H24/c1-6-7-8-9-12(4,5)10-11(2)3/h7-8,11H,6,9-10H2,1-5H3. The highest BCUT2D eigenvalue weighted by atomic mass is 14.2. The first-order valence-corrected chi connectivity index (χ1v) is 5.13. The van der Waals surface area contributed by atoms with Gasteiger partial charge in [-0.25, -0.2) is 0 Å². The quantitative estimate of drug-likeness (QED) is 0.533. The lowest BCUT2D eigenvalue weighted by Gasteiger charge is -2.25. The molecule has 0 aliphatic rings. The van der Waals surface area contributed by atoms with Gasteiger partial charge in [0.15, 0.2) is 0 Å². The van der Waals surface area contributed by atoms with E-state index in [2.05, 4.69) is 46.8 Å². The van der Waals surface area contributed by atoms with Crippen molar-refractivity contribution in [1.29, 1.82) is 0 Å². The van der Waals surface area contributed by atoms with Gasteiger partial charge in [-0.05, 0) is 30.6 Å². The van der Waals surface area contributed by atoms with Crippen LogP contribution in [0, 0.1) is 11.3 Å². The predicted molar refractivity (Wildman–Crippen MR) is 57.3 cm³/mol. The van der Waals surface area contributed by atoms with Crippen molar-refractivity contribution in [1.82, 2.24) is 0 Å². The van der Waals surface area contributed by atoms with Crippen molar-refractivity contribution in [2.45, 2.75) is 53.9 Å². The molecule has 0 nitrogen and oxygen atoms in total. The van der Waals surface area contributed by atoms with Crippen LogP contribution in [-0.4, -0.2) is 0 Å². The second kappa shape index (κ2) is 5.40. The molecule has 0 aromatic rings. The van der Waals surface area contributed by atoms with Gasteiger partial charge < -0.3 is 0 Å². The SMILES string of the molecule is CCC=CCC(C)(C)CC(C)C. The van der Waals surface area contributed by atoms with Crippen molar-refractivity contribution in [2.75, 3.05) is 0 Å². The van der Waals surface area contributed by atoms with E-state index in [-0.39, 0.29) is 0 Å². The van der Waals surface area contributed by atoms with Gasteiger partial charge in [0, 0.05) is 0 Å². The largest absolute Gasteiger partial charge is 0.0888 e. The lowest BCUT2D eigenvalue weighted by molar-refractivity contribution is 0.290. The molecule has 0 amide bonds. The minimum Gasteiger partial charge on any atom is -0.0888 e. The molecule has 0 heteroatoms. The molecule has 0 saturated heterocycles. The number of rotatable bonds is 5. The molecule has 0 aromatic carbocycles. The first-order valence-electron chi connectivity index (χ1n) is 5.13. The highest BCUT2D eigenvalue weighted by molar-refractivity contribution is 4.86. The number of hydrogen-bond donors (Lipinski definition) is 0. The normalized spacial score (nSPS) is 13.2. The topological polar surface area (TPSA) is 0 Å². The molecule has 72 valence electrons. The summed E-state index contributed by atoms with van der Waals surface area (Å²) >= 11 is 0. The third-order valence-electron chi connectivity index (χ3n) is 2.03. The maximum Gasteiger partial charge on any atom is -0.0299 e. The number of hydrogen-bond acceptors (Lipinski definition) is 0. The molecule has 0 spiro atoms. The van der Waals surface area contributed by atoms with Gasteiger partial charge in [-0.3, -0.25) is 0 Å². The molecule has 0 radical (unpaired) electrons. The Morgan fingerprint density at radius 3 is 2.17 bits per heavy atom. The molecule has 0 aliphatic heterocycles. The molecule has 0 rings (SSSR count). The summed E-state index contributed by atoms with van der Waals surface area (Å²) in [5.74, 6) is 0.815. The minimum absolute atomic E-state index is 0.486. The van der Waals surface area contributed by atoms with Crippen LogP contribution >= 0.6 is 0 Å². The average Bonchev–Trinajstić information content (AvgIpc) is 1.84. The first-order chi connectivity index (χ1) is 5.48. The van der Waals surface area contributed by atoms with Crippen molar-refractivity contribution in [3.8, 4) is 0 Å². The predicted octanol–water partition coefficient (Wildman–Crippen LogP) is 4.42. The summed E-state index contributed by atoms with van der Waals surface area (Å²) in [5, 5.41) is 0. The fourth-order valence-corrected chi connectivity index (χ4v) is 1.76. The molecule has 0 N–H and O–H groups in total. The molecule has 0 saturated carbocycles. The molecule has 0 heterocycles. The fourth-order valence-electron chi connectivity index (χ4n) is 1.76. The summed E-state index contributed by atoms with van der Waals surface area (Å²) in [6.07, 6.45) is 8.29. The smallest absolute Gasteiger partial charge is 0.0299 e. The lowest BCUT2D eigenvalue weighted by atomic mass is 9.81. The van der Waals surface area contributed by atoms with E-state index in [4.69, 9.17) is 0 Å². The van der Waals surface area contributed by atoms with Gasteiger partial charge in [-0.2, -0.15) is 0 Å². The third-order valence-corrected chi connectivity index (χ3v) is 2.03. The molecular weight excluding hydrogens is 144 g/mol. The van der Waals surface area contributed by atoms with Crippen molar-refractivity contribution in [3.63, 3.8) is 0 Å². The van der Waals surface area contributed by atoms with E-state index < -0.39 is 0 Å². The van der Waals surface area contributed by atoms with Crippen molar-refractivity contribution >= 4 is 0 Å². The summed E-state index contributed by atoms with van der Waals surface area (Å²) < 4.78 is 0. The van der Waals surface area contributed by atoms with E-state index in [0.717, 1.165) is 12.3 Å². The molecule has 0 aromatic heterocycles. The molecule has 0 unspecified atom stereocenters. The van der Waals surface area contributed by atoms with Crippen LogP contribution < -0.4 is 0 Å². The van der Waals surface area contributed by atoms with Crippen LogP contribution in [0.25, 0.3) is 0 Å². The van der Waals surface area contributed by atoms with E-state index in [1.54, 1.807) is 0 Å². The highest BCUT2D eigenvalue weighted by Gasteiger charge is 2.16. The third kappa shape index (κ3) is 6.45. The first kappa shape index (κ1) is 11.7. The average molecular weight is 168 g/mol. The zero-order valence-electron chi connectivity index (χ0n) is 9.35. The Morgan fingerprint density at radius 2 is 1.75 bits per heavy atom. The zero-order chi connectivity index (χ0) is 9.61. The van der Waals surface area contributed by atoms with Gasteiger partial charge in [0.2, 0.25) is 0 Å². The Labute approximate surface area is 78.1 Å². The van der Waals surface area contributed by atoms with Crippen LogP contribution in [-0.2, 0) is 0 Å². The molecule has 0 atom stereocenters. The van der Waals surface area contributed by atoms with E-state index in [1.165, 1.54) is 12.8 Å². The van der Waals surface area contributed by atoms with E-state index in [0.29, 0.717) is 5.41 Å². The Hall–Kier alpha value is -0.260. The summed E-state index contributed by atoms with van der Waals surface area (Å²) in [5.41, 5.74) is 0.486. The van der Waals surface area contributed by atoms with Gasteiger partial charge in [0.1, 0.15) is 0 Å². The van der Waals surface area contributed by atoms with Crippen molar-refractivity contribution in [3.05, 3.63) is 12.2 Å². The second-order valence-corrected chi connectivity index (χ2v) is 4.85. The monoisotopic (exact) mass is 168 g/mol. The van der Waals surface area contributed by atoms with Crippen LogP contribution in [0.3, 0.4) is 0 Å². The highest BCUT2D eigenvalue weighted by Crippen LogP contribution is 2.29. The van der Waals surface area contributed by atoms with Gasteiger partial charge in [-0.15, -0.1) is 0 Å². The van der Waals surface area contributed by atoms with Gasteiger partial charge >= 0.3 is 0 Å². The fraction of sp³-hybridized carbons (Fsp3) is 0.833. The Bertz CT molecular complexity index is 129. The molecular formula is C12H24. The second-order valence-electron chi connectivity index (χ2n) is 4.85. The van der Waals surface area contributed by atoms with Crippen LogP contribution in [0.2, 0.25) is 0 Å². The Balaban J connectivity index is 3.78. The molecule has 0 bridgehead atoms. The Kier molecular flexibility index (Phi) is 5.28. The van der Waals surface area contributed by atoms with Crippen LogP contribution in [0.5, 0.6) is 0 Å². The van der Waals surface area contributed by atoms with Crippen LogP contribution in [0.15, 0.2) is 12.2 Å². The van der Waals surface area contributed by atoms with Crippen LogP contribution in [0.1, 0.15) is 53.9 Å². The van der Waals surface area contributed by atoms with Gasteiger partial charge in [-0.1, -0.05) is 46.8 Å². The Morgan fingerprint density at radius 1 is 1.17 bits per heavy atom. The lowest BCUT2D eigenvalue weighted by Crippen LogP contribution is -2.13. The maximum atomic E-state index is 2.35. The van der Waals surface area contributed by atoms with E-state index >= 15 is 0 Å². The summed E-state index contributed by atoms with van der Waals surface area (Å²) in [6.45, 7) is 11.5. The van der Waals surface area contributed by atoms with E-state index in [9.17, 15) is 0 Å². The number of allylic oxidation sites excluding steroid dienone is 2. The summed E-state index contributed by atoms with van der Waals surface area (Å²) in [6, 6.07) is 0. The van der Waals surface area contributed by atoms with Crippen LogP contribution in [0.4, 0.5) is 0 Å².